The number of para-hydroxylation sites is 1. The smallest absolute Gasteiger partial charge is 0.341 e. The van der Waals surface area contributed by atoms with Crippen LogP contribution in [0.15, 0.2) is 30.3 Å². The molecule has 4 nitrogen and oxygen atoms in total. The summed E-state index contributed by atoms with van der Waals surface area (Å²) in [5.74, 6) is 0.316. The lowest BCUT2D eigenvalue weighted by molar-refractivity contribution is 0.0526. The molecule has 0 radical (unpaired) electrons. The molecule has 1 aliphatic rings. The summed E-state index contributed by atoms with van der Waals surface area (Å²) in [5.41, 5.74) is 2.70. The van der Waals surface area contributed by atoms with E-state index >= 15 is 0 Å². The molecule has 1 aliphatic carbocycles. The number of rotatable bonds is 4. The van der Waals surface area contributed by atoms with Crippen LogP contribution in [0.25, 0.3) is 0 Å². The SMILES string of the molecule is CCOC(=O)c1c(NC(=S)Nc2ccccc2)sc2c1C[C@@H](C)CC2. The highest BCUT2D eigenvalue weighted by Crippen LogP contribution is 2.40. The van der Waals surface area contributed by atoms with Crippen LogP contribution in [0.5, 0.6) is 0 Å². The number of nitrogens with one attached hydrogen (secondary N) is 2. The lowest BCUT2D eigenvalue weighted by Gasteiger charge is -2.18. The summed E-state index contributed by atoms with van der Waals surface area (Å²) in [6.07, 6.45) is 3.08. The first-order chi connectivity index (χ1) is 12.1. The molecule has 6 heteroatoms. The monoisotopic (exact) mass is 374 g/mol. The maximum absolute atomic E-state index is 12.5. The molecule has 132 valence electrons. The van der Waals surface area contributed by atoms with Crippen LogP contribution in [0.2, 0.25) is 0 Å². The summed E-state index contributed by atoms with van der Waals surface area (Å²) < 4.78 is 5.29. The molecule has 2 N–H and O–H groups in total. The summed E-state index contributed by atoms with van der Waals surface area (Å²) in [6.45, 7) is 4.42. The van der Waals surface area contributed by atoms with Gasteiger partial charge in [-0.15, -0.1) is 11.3 Å². The standard InChI is InChI=1S/C19H22N2O2S2/c1-3-23-18(22)16-14-11-12(2)9-10-15(14)25-17(16)21-19(24)20-13-7-5-4-6-8-13/h4-8,12H,3,9-11H2,1-2H3,(H2,20,21,24)/t12-/m0/s1. The van der Waals surface area contributed by atoms with Gasteiger partial charge in [-0.25, -0.2) is 4.79 Å². The average Bonchev–Trinajstić information content (AvgIpc) is 2.92. The fraction of sp³-hybridized carbons (Fsp3) is 0.368. The van der Waals surface area contributed by atoms with Crippen LogP contribution in [0.4, 0.5) is 10.7 Å². The van der Waals surface area contributed by atoms with Gasteiger partial charge in [0.1, 0.15) is 5.00 Å². The topological polar surface area (TPSA) is 50.4 Å². The third-order valence-corrected chi connectivity index (χ3v) is 5.66. The molecular formula is C19H22N2O2S2. The number of carbonyl (C=O) groups is 1. The molecule has 0 fully saturated rings. The van der Waals surface area contributed by atoms with E-state index in [1.54, 1.807) is 11.3 Å². The van der Waals surface area contributed by atoms with Crippen molar-refractivity contribution < 1.29 is 9.53 Å². The van der Waals surface area contributed by atoms with Gasteiger partial charge < -0.3 is 15.4 Å². The molecule has 25 heavy (non-hydrogen) atoms. The van der Waals surface area contributed by atoms with Crippen molar-refractivity contribution in [3.05, 3.63) is 46.3 Å². The first kappa shape index (κ1) is 17.9. The number of esters is 1. The number of hydrogen-bond donors (Lipinski definition) is 2. The van der Waals surface area contributed by atoms with E-state index in [9.17, 15) is 4.79 Å². The van der Waals surface area contributed by atoms with Crippen molar-refractivity contribution in [3.8, 4) is 0 Å². The number of benzene rings is 1. The highest BCUT2D eigenvalue weighted by Gasteiger charge is 2.28. The predicted molar refractivity (Wildman–Crippen MR) is 108 cm³/mol. The van der Waals surface area contributed by atoms with Crippen LogP contribution in [0.1, 0.15) is 41.1 Å². The molecule has 1 heterocycles. The van der Waals surface area contributed by atoms with Crippen LogP contribution in [-0.4, -0.2) is 17.7 Å². The second kappa shape index (κ2) is 7.97. The van der Waals surface area contributed by atoms with Crippen LogP contribution in [-0.2, 0) is 17.6 Å². The van der Waals surface area contributed by atoms with Crippen molar-refractivity contribution in [1.29, 1.82) is 0 Å². The number of carbonyl (C=O) groups excluding carboxylic acids is 1. The van der Waals surface area contributed by atoms with Crippen LogP contribution < -0.4 is 10.6 Å². The van der Waals surface area contributed by atoms with Crippen LogP contribution >= 0.6 is 23.6 Å². The quantitative estimate of drug-likeness (QED) is 0.591. The van der Waals surface area contributed by atoms with Crippen molar-refractivity contribution in [2.45, 2.75) is 33.1 Å². The van der Waals surface area contributed by atoms with E-state index in [0.29, 0.717) is 23.2 Å². The van der Waals surface area contributed by atoms with Crippen LogP contribution in [0.3, 0.4) is 0 Å². The Balaban J connectivity index is 1.85. The zero-order valence-electron chi connectivity index (χ0n) is 14.4. The van der Waals surface area contributed by atoms with E-state index in [1.807, 2.05) is 37.3 Å². The Morgan fingerprint density at radius 3 is 2.80 bits per heavy atom. The molecule has 3 rings (SSSR count). The Kier molecular flexibility index (Phi) is 5.71. The van der Waals surface area contributed by atoms with E-state index in [2.05, 4.69) is 17.6 Å². The van der Waals surface area contributed by atoms with E-state index < -0.39 is 0 Å². The second-order valence-corrected chi connectivity index (χ2v) is 7.73. The van der Waals surface area contributed by atoms with Gasteiger partial charge in [-0.1, -0.05) is 25.1 Å². The van der Waals surface area contributed by atoms with Gasteiger partial charge in [-0.2, -0.15) is 0 Å². The summed E-state index contributed by atoms with van der Waals surface area (Å²) in [7, 11) is 0. The third-order valence-electron chi connectivity index (χ3n) is 4.25. The minimum Gasteiger partial charge on any atom is -0.462 e. The molecule has 0 amide bonds. The molecule has 0 aliphatic heterocycles. The highest BCUT2D eigenvalue weighted by molar-refractivity contribution is 7.80. The average molecular weight is 375 g/mol. The lowest BCUT2D eigenvalue weighted by atomic mass is 9.88. The Morgan fingerprint density at radius 2 is 2.08 bits per heavy atom. The summed E-state index contributed by atoms with van der Waals surface area (Å²) in [6, 6.07) is 9.73. The molecule has 2 aromatic rings. The normalized spacial score (nSPS) is 16.0. The Bertz CT molecular complexity index is 771. The van der Waals surface area contributed by atoms with Gasteiger partial charge in [-0.3, -0.25) is 0 Å². The molecule has 1 aromatic heterocycles. The summed E-state index contributed by atoms with van der Waals surface area (Å²) in [5, 5.41) is 7.62. The van der Waals surface area contributed by atoms with Gasteiger partial charge in [0.25, 0.3) is 0 Å². The molecule has 0 saturated carbocycles. The molecule has 0 spiro atoms. The van der Waals surface area contributed by atoms with Crippen molar-refractivity contribution >= 4 is 45.3 Å². The zero-order valence-corrected chi connectivity index (χ0v) is 16.1. The van der Waals surface area contributed by atoms with Crippen molar-refractivity contribution in [2.24, 2.45) is 5.92 Å². The number of aryl methyl sites for hydroxylation is 1. The maximum Gasteiger partial charge on any atom is 0.341 e. The second-order valence-electron chi connectivity index (χ2n) is 6.22. The molecule has 0 unspecified atom stereocenters. The van der Waals surface area contributed by atoms with E-state index in [0.717, 1.165) is 35.5 Å². The van der Waals surface area contributed by atoms with Crippen LogP contribution in [0, 0.1) is 5.92 Å². The number of anilines is 2. The first-order valence-corrected chi connectivity index (χ1v) is 9.75. The molecule has 0 saturated heterocycles. The number of hydrogen-bond acceptors (Lipinski definition) is 4. The highest BCUT2D eigenvalue weighted by atomic mass is 32.1. The van der Waals surface area contributed by atoms with Gasteiger partial charge >= 0.3 is 5.97 Å². The molecule has 0 bridgehead atoms. The molecular weight excluding hydrogens is 352 g/mol. The minimum atomic E-state index is -0.265. The molecule has 1 aromatic carbocycles. The summed E-state index contributed by atoms with van der Waals surface area (Å²) >= 11 is 7.04. The van der Waals surface area contributed by atoms with Crippen molar-refractivity contribution in [3.63, 3.8) is 0 Å². The largest absolute Gasteiger partial charge is 0.462 e. The van der Waals surface area contributed by atoms with Gasteiger partial charge in [0.15, 0.2) is 5.11 Å². The van der Waals surface area contributed by atoms with Gasteiger partial charge in [0.05, 0.1) is 12.2 Å². The first-order valence-electron chi connectivity index (χ1n) is 8.53. The van der Waals surface area contributed by atoms with Gasteiger partial charge in [0, 0.05) is 10.6 Å². The van der Waals surface area contributed by atoms with E-state index in [1.165, 1.54) is 4.88 Å². The number of thiocarbonyl (C=S) groups is 1. The van der Waals surface area contributed by atoms with Crippen molar-refractivity contribution in [2.75, 3.05) is 17.2 Å². The molecule has 1 atom stereocenters. The van der Waals surface area contributed by atoms with E-state index in [4.69, 9.17) is 17.0 Å². The Labute approximate surface area is 157 Å². The fourth-order valence-electron chi connectivity index (χ4n) is 3.05. The lowest BCUT2D eigenvalue weighted by Crippen LogP contribution is -2.20. The Hall–Kier alpha value is -1.92. The minimum absolute atomic E-state index is 0.265. The Morgan fingerprint density at radius 1 is 1.32 bits per heavy atom. The fourth-order valence-corrected chi connectivity index (χ4v) is 4.57. The van der Waals surface area contributed by atoms with Gasteiger partial charge in [0.2, 0.25) is 0 Å². The third kappa shape index (κ3) is 4.19. The number of fused-ring (bicyclic) bond motifs is 1. The van der Waals surface area contributed by atoms with Gasteiger partial charge in [-0.05, 0) is 62.0 Å². The maximum atomic E-state index is 12.5. The zero-order chi connectivity index (χ0) is 17.8. The number of thiophene rings is 1. The predicted octanol–water partition coefficient (Wildman–Crippen LogP) is 4.86. The van der Waals surface area contributed by atoms with E-state index in [-0.39, 0.29) is 5.97 Å². The van der Waals surface area contributed by atoms with Crippen molar-refractivity contribution in [1.82, 2.24) is 0 Å². The summed E-state index contributed by atoms with van der Waals surface area (Å²) in [4.78, 5) is 13.8. The number of ether oxygens (including phenoxy) is 1.